The summed E-state index contributed by atoms with van der Waals surface area (Å²) in [6, 6.07) is 17.6. The Morgan fingerprint density at radius 2 is 1.83 bits per heavy atom. The van der Waals surface area contributed by atoms with E-state index in [2.05, 4.69) is 5.32 Å². The molecule has 7 nitrogen and oxygen atoms in total. The predicted octanol–water partition coefficient (Wildman–Crippen LogP) is 2.79. The quantitative estimate of drug-likeness (QED) is 0.422. The van der Waals surface area contributed by atoms with Gasteiger partial charge in [-0.1, -0.05) is 54.6 Å². The molecule has 2 fully saturated rings. The number of carbonyl (C=O) groups excluding carboxylic acids is 2. The van der Waals surface area contributed by atoms with Gasteiger partial charge >= 0.3 is 0 Å². The second kappa shape index (κ2) is 11.5. The topological polar surface area (TPSA) is 116 Å². The van der Waals surface area contributed by atoms with Crippen molar-refractivity contribution in [3.8, 4) is 11.1 Å². The maximum atomic E-state index is 13.4. The number of likely N-dealkylation sites (tertiary alicyclic amines) is 1. The smallest absolute Gasteiger partial charge is 0.225 e. The number of hydrogen-bond donors (Lipinski definition) is 4. The van der Waals surface area contributed by atoms with Gasteiger partial charge in [0.1, 0.15) is 0 Å². The number of nitrogens with two attached hydrogens (primary N) is 1. The number of nitrogens with one attached hydrogen (secondary N) is 1. The summed E-state index contributed by atoms with van der Waals surface area (Å²) < 4.78 is 0. The minimum atomic E-state index is -1.17. The Balaban J connectivity index is 1.62. The summed E-state index contributed by atoms with van der Waals surface area (Å²) >= 11 is 0. The number of benzene rings is 2. The van der Waals surface area contributed by atoms with Crippen LogP contribution in [0.15, 0.2) is 54.6 Å². The van der Waals surface area contributed by atoms with Crippen molar-refractivity contribution in [3.05, 3.63) is 60.2 Å². The van der Waals surface area contributed by atoms with E-state index in [0.717, 1.165) is 29.5 Å². The summed E-state index contributed by atoms with van der Waals surface area (Å²) in [7, 11) is 0. The SMILES string of the molecule is CC(=O)NCCCC(O)(c1ccccc1-c1ccccc1)C1CCCN(C(=O)[C@H]2C[C@@H](N)[C@@H](O)C2)C1. The van der Waals surface area contributed by atoms with Crippen LogP contribution in [0.2, 0.25) is 0 Å². The summed E-state index contributed by atoms with van der Waals surface area (Å²) in [5.74, 6) is -0.478. The van der Waals surface area contributed by atoms with E-state index in [1.807, 2.05) is 59.5 Å². The van der Waals surface area contributed by atoms with E-state index in [1.165, 1.54) is 6.92 Å². The van der Waals surface area contributed by atoms with Gasteiger partial charge in [-0.05, 0) is 55.2 Å². The molecule has 1 saturated heterocycles. The van der Waals surface area contributed by atoms with Crippen molar-refractivity contribution in [2.45, 2.75) is 63.2 Å². The summed E-state index contributed by atoms with van der Waals surface area (Å²) in [6.45, 7) is 3.09. The highest BCUT2D eigenvalue weighted by atomic mass is 16.3. The predicted molar refractivity (Wildman–Crippen MR) is 140 cm³/mol. The van der Waals surface area contributed by atoms with Gasteiger partial charge in [0.2, 0.25) is 11.8 Å². The fourth-order valence-corrected chi connectivity index (χ4v) is 5.99. The molecular weight excluding hydrogens is 454 g/mol. The lowest BCUT2D eigenvalue weighted by Gasteiger charge is -2.44. The third-order valence-corrected chi connectivity index (χ3v) is 7.92. The van der Waals surface area contributed by atoms with Crippen molar-refractivity contribution in [3.63, 3.8) is 0 Å². The Morgan fingerprint density at radius 1 is 1.11 bits per heavy atom. The molecule has 36 heavy (non-hydrogen) atoms. The van der Waals surface area contributed by atoms with Crippen molar-refractivity contribution in [2.75, 3.05) is 19.6 Å². The maximum absolute atomic E-state index is 13.4. The number of rotatable bonds is 8. The normalized spacial score (nSPS) is 25.8. The summed E-state index contributed by atoms with van der Waals surface area (Å²) in [5.41, 5.74) is 7.68. The molecule has 5 N–H and O–H groups in total. The first-order valence-corrected chi connectivity index (χ1v) is 13.1. The zero-order chi connectivity index (χ0) is 25.7. The van der Waals surface area contributed by atoms with Crippen molar-refractivity contribution < 1.29 is 19.8 Å². The van der Waals surface area contributed by atoms with Crippen molar-refractivity contribution >= 4 is 11.8 Å². The van der Waals surface area contributed by atoms with Gasteiger partial charge in [-0.25, -0.2) is 0 Å². The molecule has 194 valence electrons. The molecule has 1 aliphatic heterocycles. The van der Waals surface area contributed by atoms with Crippen molar-refractivity contribution in [1.29, 1.82) is 0 Å². The van der Waals surface area contributed by atoms with Gasteiger partial charge in [-0.2, -0.15) is 0 Å². The molecule has 0 aromatic heterocycles. The molecule has 2 amide bonds. The summed E-state index contributed by atoms with van der Waals surface area (Å²) in [5, 5.41) is 25.4. The molecule has 7 heteroatoms. The molecule has 1 heterocycles. The molecule has 2 aromatic carbocycles. The van der Waals surface area contributed by atoms with Crippen LogP contribution in [0.4, 0.5) is 0 Å². The van der Waals surface area contributed by atoms with Crippen LogP contribution in [0.5, 0.6) is 0 Å². The summed E-state index contributed by atoms with van der Waals surface area (Å²) in [6.07, 6.45) is 2.96. The van der Waals surface area contributed by atoms with Crippen LogP contribution in [0.25, 0.3) is 11.1 Å². The molecule has 2 aliphatic rings. The first-order valence-electron chi connectivity index (χ1n) is 13.1. The third-order valence-electron chi connectivity index (χ3n) is 7.92. The molecule has 2 unspecified atom stereocenters. The largest absolute Gasteiger partial charge is 0.391 e. The molecule has 1 saturated carbocycles. The van der Waals surface area contributed by atoms with E-state index in [-0.39, 0.29) is 29.7 Å². The van der Waals surface area contributed by atoms with Gasteiger partial charge in [0.05, 0.1) is 11.7 Å². The second-order valence-corrected chi connectivity index (χ2v) is 10.4. The van der Waals surface area contributed by atoms with Crippen LogP contribution in [-0.4, -0.2) is 58.7 Å². The first-order chi connectivity index (χ1) is 17.3. The van der Waals surface area contributed by atoms with Crippen LogP contribution in [-0.2, 0) is 15.2 Å². The molecule has 1 aliphatic carbocycles. The standard InChI is InChI=1S/C29H39N3O4/c1-20(33)31-15-8-14-29(36,25-13-6-5-12-24(25)21-9-3-2-4-10-21)23-11-7-16-32(19-23)28(35)22-17-26(30)27(34)18-22/h2-6,9-10,12-13,22-23,26-27,34,36H,7-8,11,14-19,30H2,1H3,(H,31,33)/t22-,23?,26+,27-,29?/m0/s1. The number of nitrogens with zero attached hydrogens (tertiary/aromatic N) is 1. The molecule has 4 rings (SSSR count). The Bertz CT molecular complexity index is 1040. The number of hydrogen-bond acceptors (Lipinski definition) is 5. The average molecular weight is 494 g/mol. The lowest BCUT2D eigenvalue weighted by molar-refractivity contribution is -0.141. The van der Waals surface area contributed by atoms with Crippen LogP contribution >= 0.6 is 0 Å². The van der Waals surface area contributed by atoms with Gasteiger partial charge in [0.15, 0.2) is 0 Å². The second-order valence-electron chi connectivity index (χ2n) is 10.4. The monoisotopic (exact) mass is 493 g/mol. The lowest BCUT2D eigenvalue weighted by Crippen LogP contribution is -2.49. The Hall–Kier alpha value is -2.74. The number of aliphatic hydroxyl groups excluding tert-OH is 1. The third kappa shape index (κ3) is 5.80. The molecule has 5 atom stereocenters. The van der Waals surface area contributed by atoms with E-state index in [4.69, 9.17) is 5.73 Å². The van der Waals surface area contributed by atoms with Crippen LogP contribution in [0.1, 0.15) is 51.0 Å². The Kier molecular flexibility index (Phi) is 8.44. The fourth-order valence-electron chi connectivity index (χ4n) is 5.99. The first kappa shape index (κ1) is 26.3. The zero-order valence-electron chi connectivity index (χ0n) is 21.1. The Labute approximate surface area is 213 Å². The van der Waals surface area contributed by atoms with Crippen LogP contribution < -0.4 is 11.1 Å². The highest BCUT2D eigenvalue weighted by molar-refractivity contribution is 5.79. The van der Waals surface area contributed by atoms with E-state index >= 15 is 0 Å². The Morgan fingerprint density at radius 3 is 2.53 bits per heavy atom. The highest BCUT2D eigenvalue weighted by Crippen LogP contribution is 2.43. The van der Waals surface area contributed by atoms with E-state index in [0.29, 0.717) is 45.3 Å². The highest BCUT2D eigenvalue weighted by Gasteiger charge is 2.44. The van der Waals surface area contributed by atoms with E-state index in [9.17, 15) is 19.8 Å². The van der Waals surface area contributed by atoms with Gasteiger partial charge in [0, 0.05) is 44.4 Å². The lowest BCUT2D eigenvalue weighted by atomic mass is 9.72. The van der Waals surface area contributed by atoms with Gasteiger partial charge in [-0.3, -0.25) is 9.59 Å². The molecule has 0 radical (unpaired) electrons. The van der Waals surface area contributed by atoms with E-state index in [1.54, 1.807) is 0 Å². The summed E-state index contributed by atoms with van der Waals surface area (Å²) in [4.78, 5) is 26.6. The zero-order valence-corrected chi connectivity index (χ0v) is 21.1. The minimum Gasteiger partial charge on any atom is -0.391 e. The number of piperidine rings is 1. The number of aliphatic hydroxyl groups is 2. The van der Waals surface area contributed by atoms with Gasteiger partial charge < -0.3 is 26.2 Å². The number of carbonyl (C=O) groups is 2. The number of amides is 2. The molecular formula is C29H39N3O4. The van der Waals surface area contributed by atoms with Gasteiger partial charge in [-0.15, -0.1) is 0 Å². The fraction of sp³-hybridized carbons (Fsp3) is 0.517. The van der Waals surface area contributed by atoms with E-state index < -0.39 is 11.7 Å². The molecule has 0 bridgehead atoms. The van der Waals surface area contributed by atoms with Gasteiger partial charge in [0.25, 0.3) is 0 Å². The molecule has 0 spiro atoms. The van der Waals surface area contributed by atoms with Crippen LogP contribution in [0, 0.1) is 11.8 Å². The average Bonchev–Trinajstić information content (AvgIpc) is 3.24. The van der Waals surface area contributed by atoms with Crippen LogP contribution in [0.3, 0.4) is 0 Å². The minimum absolute atomic E-state index is 0.0311. The molecule has 2 aromatic rings. The maximum Gasteiger partial charge on any atom is 0.225 e. The van der Waals surface area contributed by atoms with Crippen molar-refractivity contribution in [2.24, 2.45) is 17.6 Å². The van der Waals surface area contributed by atoms with Crippen molar-refractivity contribution in [1.82, 2.24) is 10.2 Å².